The highest BCUT2D eigenvalue weighted by atomic mass is 32.2. The predicted molar refractivity (Wildman–Crippen MR) is 127 cm³/mol. The van der Waals surface area contributed by atoms with Gasteiger partial charge in [0, 0.05) is 56.3 Å². The van der Waals surface area contributed by atoms with Gasteiger partial charge in [-0.25, -0.2) is 18.4 Å². The summed E-state index contributed by atoms with van der Waals surface area (Å²) < 4.78 is 33.1. The summed E-state index contributed by atoms with van der Waals surface area (Å²) in [6, 6.07) is 10.8. The first kappa shape index (κ1) is 23.9. The molecule has 0 radical (unpaired) electrons. The van der Waals surface area contributed by atoms with Crippen molar-refractivity contribution in [3.63, 3.8) is 0 Å². The van der Waals surface area contributed by atoms with E-state index in [-0.39, 0.29) is 27.9 Å². The number of nitrogens with zero attached hydrogens (tertiary/aromatic N) is 5. The zero-order valence-corrected chi connectivity index (χ0v) is 19.5. The van der Waals surface area contributed by atoms with Crippen molar-refractivity contribution in [3.8, 4) is 5.75 Å². The number of non-ortho nitro benzene ring substituents is 1. The van der Waals surface area contributed by atoms with Gasteiger partial charge in [-0.05, 0) is 36.4 Å². The number of sulfonamides is 1. The van der Waals surface area contributed by atoms with Crippen molar-refractivity contribution in [2.24, 2.45) is 0 Å². The zero-order chi connectivity index (χ0) is 25.0. The van der Waals surface area contributed by atoms with Crippen LogP contribution in [0.3, 0.4) is 0 Å². The largest absolute Gasteiger partial charge is 0.495 e. The van der Waals surface area contributed by atoms with E-state index >= 15 is 0 Å². The van der Waals surface area contributed by atoms with Crippen molar-refractivity contribution in [2.75, 3.05) is 42.9 Å². The van der Waals surface area contributed by atoms with Crippen LogP contribution in [-0.2, 0) is 10.0 Å². The summed E-state index contributed by atoms with van der Waals surface area (Å²) >= 11 is 0. The minimum absolute atomic E-state index is 0.0675. The van der Waals surface area contributed by atoms with Gasteiger partial charge in [0.1, 0.15) is 5.75 Å². The maximum absolute atomic E-state index is 12.9. The molecular formula is C22H22N6O6S. The Hall–Kier alpha value is -4.26. The fourth-order valence-electron chi connectivity index (χ4n) is 3.62. The summed E-state index contributed by atoms with van der Waals surface area (Å²) in [4.78, 5) is 35.4. The third kappa shape index (κ3) is 5.30. The predicted octanol–water partition coefficient (Wildman–Crippen LogP) is 2.16. The van der Waals surface area contributed by atoms with Gasteiger partial charge in [-0.1, -0.05) is 0 Å². The van der Waals surface area contributed by atoms with Crippen molar-refractivity contribution in [1.82, 2.24) is 14.9 Å². The first-order chi connectivity index (χ1) is 16.8. The Balaban J connectivity index is 1.44. The van der Waals surface area contributed by atoms with E-state index < -0.39 is 14.9 Å². The molecule has 0 bridgehead atoms. The van der Waals surface area contributed by atoms with Crippen LogP contribution in [0.1, 0.15) is 10.4 Å². The monoisotopic (exact) mass is 498 g/mol. The highest BCUT2D eigenvalue weighted by molar-refractivity contribution is 7.92. The number of methoxy groups -OCH3 is 1. The van der Waals surface area contributed by atoms with Crippen molar-refractivity contribution in [3.05, 3.63) is 76.6 Å². The molecule has 0 spiro atoms. The summed E-state index contributed by atoms with van der Waals surface area (Å²) in [5, 5.41) is 11.1. The molecule has 13 heteroatoms. The second-order valence-electron chi connectivity index (χ2n) is 7.60. The zero-order valence-electron chi connectivity index (χ0n) is 18.7. The highest BCUT2D eigenvalue weighted by Gasteiger charge is 2.24. The van der Waals surface area contributed by atoms with Gasteiger partial charge in [-0.15, -0.1) is 0 Å². The molecule has 1 saturated heterocycles. The number of carbonyl (C=O) groups is 1. The van der Waals surface area contributed by atoms with E-state index in [0.717, 1.165) is 6.07 Å². The number of rotatable bonds is 7. The summed E-state index contributed by atoms with van der Waals surface area (Å²) in [6.07, 6.45) is 3.33. The van der Waals surface area contributed by atoms with Crippen LogP contribution in [0.5, 0.6) is 5.75 Å². The number of nitro benzene ring substituents is 1. The molecule has 12 nitrogen and oxygen atoms in total. The Morgan fingerprint density at radius 1 is 1.06 bits per heavy atom. The Morgan fingerprint density at radius 3 is 2.31 bits per heavy atom. The fraction of sp³-hybridized carbons (Fsp3) is 0.227. The van der Waals surface area contributed by atoms with Crippen LogP contribution in [0, 0.1) is 10.1 Å². The van der Waals surface area contributed by atoms with Gasteiger partial charge in [0.05, 0.1) is 22.6 Å². The van der Waals surface area contributed by atoms with Crippen LogP contribution in [0.25, 0.3) is 0 Å². The van der Waals surface area contributed by atoms with Crippen molar-refractivity contribution < 1.29 is 22.9 Å². The number of anilines is 2. The lowest BCUT2D eigenvalue weighted by atomic mass is 10.2. The van der Waals surface area contributed by atoms with Gasteiger partial charge in [-0.2, -0.15) is 0 Å². The molecule has 182 valence electrons. The lowest BCUT2D eigenvalue weighted by Gasteiger charge is -2.34. The molecule has 1 aliphatic heterocycles. The van der Waals surface area contributed by atoms with Gasteiger partial charge in [-0.3, -0.25) is 19.6 Å². The Bertz CT molecular complexity index is 1330. The van der Waals surface area contributed by atoms with Crippen molar-refractivity contribution in [1.29, 1.82) is 0 Å². The molecular weight excluding hydrogens is 476 g/mol. The molecule has 2 aromatic carbocycles. The van der Waals surface area contributed by atoms with E-state index in [1.165, 1.54) is 43.5 Å². The smallest absolute Gasteiger partial charge is 0.271 e. The molecule has 1 N–H and O–H groups in total. The van der Waals surface area contributed by atoms with Crippen LogP contribution in [0.4, 0.5) is 17.3 Å². The maximum Gasteiger partial charge on any atom is 0.271 e. The van der Waals surface area contributed by atoms with E-state index in [9.17, 15) is 23.3 Å². The number of amides is 1. The molecule has 0 saturated carbocycles. The van der Waals surface area contributed by atoms with Gasteiger partial charge in [0.15, 0.2) is 0 Å². The van der Waals surface area contributed by atoms with Crippen molar-refractivity contribution in [2.45, 2.75) is 4.90 Å². The minimum atomic E-state index is -4.09. The second-order valence-corrected chi connectivity index (χ2v) is 9.28. The molecule has 0 aliphatic carbocycles. The molecule has 1 amide bonds. The standard InChI is InChI=1S/C22H22N6O6S/c1-34-20-8-5-17(28(30)31)15-19(20)25-35(32,33)18-6-3-16(4-7-18)21(29)26-11-13-27(14-12-26)22-23-9-2-10-24-22/h2-10,15,25H,11-14H2,1H3. The molecule has 0 atom stereocenters. The fourth-order valence-corrected chi connectivity index (χ4v) is 4.68. The van der Waals surface area contributed by atoms with Gasteiger partial charge in [0.25, 0.3) is 21.6 Å². The Morgan fingerprint density at radius 2 is 1.71 bits per heavy atom. The van der Waals surface area contributed by atoms with E-state index in [2.05, 4.69) is 14.7 Å². The van der Waals surface area contributed by atoms with Crippen LogP contribution in [-0.4, -0.2) is 67.4 Å². The Kier molecular flexibility index (Phi) is 6.78. The lowest BCUT2D eigenvalue weighted by Crippen LogP contribution is -2.49. The van der Waals surface area contributed by atoms with Crippen LogP contribution < -0.4 is 14.4 Å². The number of aromatic nitrogens is 2. The molecule has 0 unspecified atom stereocenters. The quantitative estimate of drug-likeness (QED) is 0.382. The van der Waals surface area contributed by atoms with Gasteiger partial charge >= 0.3 is 0 Å². The summed E-state index contributed by atoms with van der Waals surface area (Å²) in [5.41, 5.74) is -0.00761. The van der Waals surface area contributed by atoms with Crippen LogP contribution >= 0.6 is 0 Å². The van der Waals surface area contributed by atoms with Gasteiger partial charge < -0.3 is 14.5 Å². The number of hydrogen-bond donors (Lipinski definition) is 1. The maximum atomic E-state index is 12.9. The minimum Gasteiger partial charge on any atom is -0.495 e. The summed E-state index contributed by atoms with van der Waals surface area (Å²) in [5.74, 6) is 0.531. The summed E-state index contributed by atoms with van der Waals surface area (Å²) in [7, 11) is -2.77. The van der Waals surface area contributed by atoms with Crippen LogP contribution in [0.15, 0.2) is 65.8 Å². The molecule has 4 rings (SSSR count). The number of nitrogens with one attached hydrogen (secondary N) is 1. The average Bonchev–Trinajstić information content (AvgIpc) is 2.88. The SMILES string of the molecule is COc1ccc([N+](=O)[O-])cc1NS(=O)(=O)c1ccc(C(=O)N2CCN(c3ncccn3)CC2)cc1. The van der Waals surface area contributed by atoms with E-state index in [0.29, 0.717) is 37.7 Å². The lowest BCUT2D eigenvalue weighted by molar-refractivity contribution is -0.384. The molecule has 3 aromatic rings. The Labute approximate surface area is 201 Å². The summed E-state index contributed by atoms with van der Waals surface area (Å²) in [6.45, 7) is 2.12. The molecule has 1 aliphatic rings. The average molecular weight is 499 g/mol. The number of benzene rings is 2. The van der Waals surface area contributed by atoms with Crippen LogP contribution in [0.2, 0.25) is 0 Å². The molecule has 1 fully saturated rings. The normalized spacial score (nSPS) is 13.9. The van der Waals surface area contributed by atoms with E-state index in [1.807, 2.05) is 4.90 Å². The first-order valence-corrected chi connectivity index (χ1v) is 12.0. The number of carbonyl (C=O) groups excluding carboxylic acids is 1. The third-order valence-corrected chi connectivity index (χ3v) is 6.83. The third-order valence-electron chi connectivity index (χ3n) is 5.45. The number of ether oxygens (including phenoxy) is 1. The topological polar surface area (TPSA) is 148 Å². The number of piperazine rings is 1. The van der Waals surface area contributed by atoms with Crippen molar-refractivity contribution >= 4 is 33.3 Å². The molecule has 2 heterocycles. The highest BCUT2D eigenvalue weighted by Crippen LogP contribution is 2.31. The number of hydrogen-bond acceptors (Lipinski definition) is 9. The van der Waals surface area contributed by atoms with Gasteiger partial charge in [0.2, 0.25) is 5.95 Å². The molecule has 1 aromatic heterocycles. The van der Waals surface area contributed by atoms with E-state index in [4.69, 9.17) is 4.74 Å². The van der Waals surface area contributed by atoms with E-state index in [1.54, 1.807) is 23.4 Å². The molecule has 35 heavy (non-hydrogen) atoms. The first-order valence-electron chi connectivity index (χ1n) is 10.5. The second kappa shape index (κ2) is 9.93. The number of nitro groups is 1.